The SMILES string of the molecule is CC(C)Cn1c(SCC(=O)Nc2ccc(OC(F)(F)F)cc2)nnc1N1CCOCC1. The summed E-state index contributed by atoms with van der Waals surface area (Å²) in [6.07, 6.45) is -4.76. The summed E-state index contributed by atoms with van der Waals surface area (Å²) in [5.74, 6) is 0.556. The maximum atomic E-state index is 12.3. The van der Waals surface area contributed by atoms with Crippen molar-refractivity contribution in [3.63, 3.8) is 0 Å². The van der Waals surface area contributed by atoms with Crippen molar-refractivity contribution >= 4 is 29.3 Å². The highest BCUT2D eigenvalue weighted by Gasteiger charge is 2.31. The van der Waals surface area contributed by atoms with Crippen LogP contribution in [-0.4, -0.2) is 59.1 Å². The van der Waals surface area contributed by atoms with E-state index >= 15 is 0 Å². The van der Waals surface area contributed by atoms with E-state index in [1.54, 1.807) is 0 Å². The van der Waals surface area contributed by atoms with Gasteiger partial charge in [-0.3, -0.25) is 9.36 Å². The average Bonchev–Trinajstić information content (AvgIpc) is 3.09. The topological polar surface area (TPSA) is 81.5 Å². The van der Waals surface area contributed by atoms with Crippen molar-refractivity contribution in [3.8, 4) is 5.75 Å². The fourth-order valence-corrected chi connectivity index (χ4v) is 3.72. The Morgan fingerprint density at radius 1 is 1.23 bits per heavy atom. The maximum absolute atomic E-state index is 12.3. The third-order valence-electron chi connectivity index (χ3n) is 4.24. The second-order valence-electron chi connectivity index (χ2n) is 7.30. The molecule has 12 heteroatoms. The molecule has 2 aromatic rings. The predicted octanol–water partition coefficient (Wildman–Crippen LogP) is 3.40. The molecule has 0 atom stereocenters. The number of hydrogen-bond donors (Lipinski definition) is 1. The van der Waals surface area contributed by atoms with E-state index in [9.17, 15) is 18.0 Å². The Morgan fingerprint density at radius 3 is 2.52 bits per heavy atom. The maximum Gasteiger partial charge on any atom is 0.573 e. The lowest BCUT2D eigenvalue weighted by Gasteiger charge is -2.28. The van der Waals surface area contributed by atoms with Crippen LogP contribution in [0.3, 0.4) is 0 Å². The fraction of sp³-hybridized carbons (Fsp3) is 0.526. The molecule has 1 amide bonds. The van der Waals surface area contributed by atoms with E-state index < -0.39 is 6.36 Å². The van der Waals surface area contributed by atoms with Gasteiger partial charge >= 0.3 is 6.36 Å². The van der Waals surface area contributed by atoms with Crippen LogP contribution in [0, 0.1) is 5.92 Å². The van der Waals surface area contributed by atoms with Crippen molar-refractivity contribution in [2.75, 3.05) is 42.3 Å². The van der Waals surface area contributed by atoms with Crippen LogP contribution in [0.25, 0.3) is 0 Å². The van der Waals surface area contributed by atoms with Gasteiger partial charge in [-0.05, 0) is 30.2 Å². The van der Waals surface area contributed by atoms with Crippen molar-refractivity contribution in [2.24, 2.45) is 5.92 Å². The number of thioether (sulfide) groups is 1. The molecule has 3 rings (SSSR count). The molecule has 8 nitrogen and oxygen atoms in total. The number of nitrogens with zero attached hydrogens (tertiary/aromatic N) is 4. The minimum absolute atomic E-state index is 0.0835. The van der Waals surface area contributed by atoms with Crippen molar-refractivity contribution in [3.05, 3.63) is 24.3 Å². The number of halogens is 3. The predicted molar refractivity (Wildman–Crippen MR) is 110 cm³/mol. The van der Waals surface area contributed by atoms with Crippen molar-refractivity contribution in [1.29, 1.82) is 0 Å². The number of ether oxygens (including phenoxy) is 2. The number of hydrogen-bond acceptors (Lipinski definition) is 7. The summed E-state index contributed by atoms with van der Waals surface area (Å²) in [5, 5.41) is 11.9. The summed E-state index contributed by atoms with van der Waals surface area (Å²) in [7, 11) is 0. The molecule has 1 saturated heterocycles. The summed E-state index contributed by atoms with van der Waals surface area (Å²) in [6, 6.07) is 4.98. The monoisotopic (exact) mass is 459 g/mol. The molecule has 0 bridgehead atoms. The molecule has 0 aliphatic carbocycles. The minimum Gasteiger partial charge on any atom is -0.406 e. The summed E-state index contributed by atoms with van der Waals surface area (Å²) < 4.78 is 47.9. The van der Waals surface area contributed by atoms with E-state index in [0.29, 0.717) is 36.5 Å². The molecule has 0 radical (unpaired) electrons. The van der Waals surface area contributed by atoms with E-state index in [0.717, 1.165) is 31.2 Å². The number of benzene rings is 1. The zero-order valence-electron chi connectivity index (χ0n) is 17.2. The highest BCUT2D eigenvalue weighted by atomic mass is 32.2. The van der Waals surface area contributed by atoms with E-state index in [1.165, 1.54) is 23.9 Å². The Morgan fingerprint density at radius 2 is 1.90 bits per heavy atom. The minimum atomic E-state index is -4.76. The van der Waals surface area contributed by atoms with Crippen LogP contribution < -0.4 is 15.0 Å². The van der Waals surface area contributed by atoms with Crippen LogP contribution in [-0.2, 0) is 16.1 Å². The van der Waals surface area contributed by atoms with Gasteiger partial charge in [0.15, 0.2) is 5.16 Å². The fourth-order valence-electron chi connectivity index (χ4n) is 2.98. The Balaban J connectivity index is 1.59. The standard InChI is InChI=1S/C19H24F3N5O3S/c1-13(2)11-27-17(26-7-9-29-10-8-26)24-25-18(27)31-12-16(28)23-14-3-5-15(6-4-14)30-19(20,21)22/h3-6,13H,7-12H2,1-2H3,(H,23,28). The smallest absolute Gasteiger partial charge is 0.406 e. The first-order chi connectivity index (χ1) is 14.7. The van der Waals surface area contributed by atoms with Crippen molar-refractivity contribution < 1.29 is 27.4 Å². The van der Waals surface area contributed by atoms with Crippen LogP contribution in [0.5, 0.6) is 5.75 Å². The molecule has 1 aliphatic heterocycles. The zero-order valence-corrected chi connectivity index (χ0v) is 18.0. The lowest BCUT2D eigenvalue weighted by molar-refractivity contribution is -0.274. The number of morpholine rings is 1. The van der Waals surface area contributed by atoms with Gasteiger partial charge in [-0.25, -0.2) is 0 Å². The van der Waals surface area contributed by atoms with Gasteiger partial charge in [0.25, 0.3) is 0 Å². The van der Waals surface area contributed by atoms with Gasteiger partial charge in [-0.1, -0.05) is 25.6 Å². The Labute approximate surface area is 182 Å². The van der Waals surface area contributed by atoms with Gasteiger partial charge in [-0.15, -0.1) is 23.4 Å². The third kappa shape index (κ3) is 7.03. The van der Waals surface area contributed by atoms with E-state index in [-0.39, 0.29) is 17.4 Å². The first-order valence-electron chi connectivity index (χ1n) is 9.75. The Bertz CT molecular complexity index is 868. The van der Waals surface area contributed by atoms with Gasteiger partial charge < -0.3 is 19.7 Å². The average molecular weight is 459 g/mol. The molecule has 1 fully saturated rings. The molecule has 31 heavy (non-hydrogen) atoms. The van der Waals surface area contributed by atoms with Gasteiger partial charge in [0.2, 0.25) is 11.9 Å². The highest BCUT2D eigenvalue weighted by Crippen LogP contribution is 2.26. The zero-order chi connectivity index (χ0) is 22.4. The molecular formula is C19H24F3N5O3S. The van der Waals surface area contributed by atoms with Gasteiger partial charge in [0.05, 0.1) is 19.0 Å². The van der Waals surface area contributed by atoms with Gasteiger partial charge in [0, 0.05) is 25.3 Å². The summed E-state index contributed by atoms with van der Waals surface area (Å²) >= 11 is 1.26. The number of carbonyl (C=O) groups is 1. The number of aromatic nitrogens is 3. The number of alkyl halides is 3. The van der Waals surface area contributed by atoms with Crippen molar-refractivity contribution in [2.45, 2.75) is 31.9 Å². The third-order valence-corrected chi connectivity index (χ3v) is 5.21. The Hall–Kier alpha value is -2.47. The molecule has 2 heterocycles. The molecule has 0 saturated carbocycles. The van der Waals surface area contributed by atoms with Gasteiger partial charge in [-0.2, -0.15) is 0 Å². The quantitative estimate of drug-likeness (QED) is 0.606. The number of rotatable bonds is 8. The second kappa shape index (κ2) is 10.2. The molecule has 0 unspecified atom stereocenters. The summed E-state index contributed by atoms with van der Waals surface area (Å²) in [5.41, 5.74) is 0.373. The van der Waals surface area contributed by atoms with E-state index in [1.807, 2.05) is 4.57 Å². The largest absolute Gasteiger partial charge is 0.573 e. The number of carbonyl (C=O) groups excluding carboxylic acids is 1. The number of nitrogens with one attached hydrogen (secondary N) is 1. The molecular weight excluding hydrogens is 435 g/mol. The lowest BCUT2D eigenvalue weighted by atomic mass is 10.2. The van der Waals surface area contributed by atoms with Gasteiger partial charge in [0.1, 0.15) is 5.75 Å². The number of amides is 1. The van der Waals surface area contributed by atoms with Crippen LogP contribution >= 0.6 is 11.8 Å². The summed E-state index contributed by atoms with van der Waals surface area (Å²) in [4.78, 5) is 14.4. The molecule has 170 valence electrons. The molecule has 1 N–H and O–H groups in total. The van der Waals surface area contributed by atoms with Crippen LogP contribution in [0.4, 0.5) is 24.8 Å². The van der Waals surface area contributed by atoms with E-state index in [2.05, 4.69) is 39.0 Å². The van der Waals surface area contributed by atoms with Crippen LogP contribution in [0.15, 0.2) is 29.4 Å². The molecule has 1 aromatic carbocycles. The Kier molecular flexibility index (Phi) is 7.65. The van der Waals surface area contributed by atoms with Crippen LogP contribution in [0.2, 0.25) is 0 Å². The molecule has 0 spiro atoms. The highest BCUT2D eigenvalue weighted by molar-refractivity contribution is 7.99. The second-order valence-corrected chi connectivity index (χ2v) is 8.24. The summed E-state index contributed by atoms with van der Waals surface area (Å²) in [6.45, 7) is 7.63. The van der Waals surface area contributed by atoms with Crippen molar-refractivity contribution in [1.82, 2.24) is 14.8 Å². The lowest BCUT2D eigenvalue weighted by Crippen LogP contribution is -2.38. The van der Waals surface area contributed by atoms with Crippen LogP contribution in [0.1, 0.15) is 13.8 Å². The first-order valence-corrected chi connectivity index (χ1v) is 10.7. The first kappa shape index (κ1) is 23.2. The molecule has 1 aliphatic rings. The van der Waals surface area contributed by atoms with E-state index in [4.69, 9.17) is 4.74 Å². The molecule has 1 aromatic heterocycles. The normalized spacial score (nSPS) is 14.7. The number of anilines is 2.